The van der Waals surface area contributed by atoms with Crippen molar-refractivity contribution in [1.82, 2.24) is 0 Å². The van der Waals surface area contributed by atoms with Gasteiger partial charge in [0.15, 0.2) is 0 Å². The maximum atomic E-state index is 12.5. The summed E-state index contributed by atoms with van der Waals surface area (Å²) in [5.41, 5.74) is 1.70. The maximum absolute atomic E-state index is 12.5. The van der Waals surface area contributed by atoms with Gasteiger partial charge < -0.3 is 0 Å². The van der Waals surface area contributed by atoms with Crippen molar-refractivity contribution in [3.63, 3.8) is 0 Å². The lowest BCUT2D eigenvalue weighted by Gasteiger charge is -2.09. The van der Waals surface area contributed by atoms with Gasteiger partial charge in [-0.1, -0.05) is 53.7 Å². The van der Waals surface area contributed by atoms with Gasteiger partial charge >= 0.3 is 6.18 Å². The van der Waals surface area contributed by atoms with Crippen molar-refractivity contribution in [2.24, 2.45) is 0 Å². The molecule has 2 rings (SSSR count). The molecule has 0 aromatic heterocycles. The van der Waals surface area contributed by atoms with Crippen LogP contribution in [0.4, 0.5) is 13.2 Å². The van der Waals surface area contributed by atoms with Crippen LogP contribution < -0.4 is 0 Å². The Bertz CT molecular complexity index is 589. The van der Waals surface area contributed by atoms with E-state index >= 15 is 0 Å². The van der Waals surface area contributed by atoms with E-state index in [1.807, 2.05) is 30.3 Å². The summed E-state index contributed by atoms with van der Waals surface area (Å²) in [5.74, 6) is 0. The second-order valence-electron chi connectivity index (χ2n) is 3.96. The van der Waals surface area contributed by atoms with Crippen molar-refractivity contribution in [2.45, 2.75) is 11.1 Å². The Kier molecular flexibility index (Phi) is 4.78. The first-order valence-corrected chi connectivity index (χ1v) is 6.97. The topological polar surface area (TPSA) is 0 Å². The number of benzene rings is 2. The quantitative estimate of drug-likeness (QED) is 0.623. The second-order valence-corrected chi connectivity index (χ2v) is 5.30. The molecule has 0 aliphatic carbocycles. The van der Waals surface area contributed by atoms with Gasteiger partial charge in [0.05, 0.1) is 5.56 Å². The molecule has 0 aliphatic heterocycles. The summed E-state index contributed by atoms with van der Waals surface area (Å²) in [6.07, 6.45) is -4.31. The first-order chi connectivity index (χ1) is 9.50. The minimum atomic E-state index is -4.31. The molecular formula is C15H10ClF3S. The molecule has 0 heterocycles. The SMILES string of the molecule is FC(F)(F)c1ccc(S/C(=C/Cl)c2ccccc2)cc1. The van der Waals surface area contributed by atoms with Crippen LogP contribution in [-0.4, -0.2) is 0 Å². The molecule has 0 aliphatic rings. The number of halogens is 4. The zero-order valence-corrected chi connectivity index (χ0v) is 11.8. The van der Waals surface area contributed by atoms with Gasteiger partial charge in [-0.15, -0.1) is 0 Å². The van der Waals surface area contributed by atoms with Crippen LogP contribution in [0.1, 0.15) is 11.1 Å². The fourth-order valence-corrected chi connectivity index (χ4v) is 2.67. The highest BCUT2D eigenvalue weighted by molar-refractivity contribution is 8.08. The summed E-state index contributed by atoms with van der Waals surface area (Å²) in [6.45, 7) is 0. The summed E-state index contributed by atoms with van der Waals surface area (Å²) >= 11 is 7.12. The van der Waals surface area contributed by atoms with Gasteiger partial charge in [-0.05, 0) is 29.8 Å². The van der Waals surface area contributed by atoms with E-state index in [4.69, 9.17) is 11.6 Å². The summed E-state index contributed by atoms with van der Waals surface area (Å²) in [5, 5.41) is 0. The molecule has 0 spiro atoms. The number of thioether (sulfide) groups is 1. The Balaban J connectivity index is 2.17. The van der Waals surface area contributed by atoms with Gasteiger partial charge in [0, 0.05) is 15.3 Å². The molecular weight excluding hydrogens is 305 g/mol. The molecule has 0 N–H and O–H groups in total. The Hall–Kier alpha value is -1.39. The standard InChI is InChI=1S/C15H10ClF3S/c16-10-14(11-4-2-1-3-5-11)20-13-8-6-12(7-9-13)15(17,18)19/h1-10H/b14-10+. The highest BCUT2D eigenvalue weighted by Gasteiger charge is 2.29. The van der Waals surface area contributed by atoms with Crippen LogP contribution in [0.3, 0.4) is 0 Å². The average Bonchev–Trinajstić information content (AvgIpc) is 2.45. The molecule has 0 radical (unpaired) electrons. The molecule has 0 nitrogen and oxygen atoms in total. The van der Waals surface area contributed by atoms with Crippen LogP contribution in [0.2, 0.25) is 0 Å². The molecule has 5 heteroatoms. The third-order valence-corrected chi connectivity index (χ3v) is 4.00. The van der Waals surface area contributed by atoms with Crippen molar-refractivity contribution in [3.8, 4) is 0 Å². The normalized spacial score (nSPS) is 12.5. The lowest BCUT2D eigenvalue weighted by atomic mass is 10.2. The number of hydrogen-bond acceptors (Lipinski definition) is 1. The molecule has 0 unspecified atom stereocenters. The Labute approximate surface area is 124 Å². The Morgan fingerprint density at radius 3 is 2.05 bits per heavy atom. The fraction of sp³-hybridized carbons (Fsp3) is 0.0667. The van der Waals surface area contributed by atoms with E-state index in [1.165, 1.54) is 29.4 Å². The molecule has 0 fully saturated rings. The lowest BCUT2D eigenvalue weighted by molar-refractivity contribution is -0.137. The second kappa shape index (κ2) is 6.37. The predicted molar refractivity (Wildman–Crippen MR) is 77.6 cm³/mol. The van der Waals surface area contributed by atoms with E-state index in [-0.39, 0.29) is 0 Å². The number of hydrogen-bond donors (Lipinski definition) is 0. The molecule has 2 aromatic carbocycles. The van der Waals surface area contributed by atoms with Crippen LogP contribution >= 0.6 is 23.4 Å². The third kappa shape index (κ3) is 3.81. The third-order valence-electron chi connectivity index (χ3n) is 2.57. The molecule has 0 bridgehead atoms. The summed E-state index contributed by atoms with van der Waals surface area (Å²) in [7, 11) is 0. The number of rotatable bonds is 3. The van der Waals surface area contributed by atoms with Crippen molar-refractivity contribution in [2.75, 3.05) is 0 Å². The minimum absolute atomic E-state index is 0.655. The van der Waals surface area contributed by atoms with Crippen LogP contribution in [0, 0.1) is 0 Å². The average molecular weight is 315 g/mol. The smallest absolute Gasteiger partial charge is 0.166 e. The molecule has 0 amide bonds. The van der Waals surface area contributed by atoms with Gasteiger partial charge in [-0.2, -0.15) is 13.2 Å². The summed E-state index contributed by atoms with van der Waals surface area (Å²) in [6, 6.07) is 14.5. The first-order valence-electron chi connectivity index (χ1n) is 5.71. The molecule has 104 valence electrons. The van der Waals surface area contributed by atoms with Crippen molar-refractivity contribution in [3.05, 3.63) is 71.3 Å². The van der Waals surface area contributed by atoms with Gasteiger partial charge in [-0.3, -0.25) is 0 Å². The predicted octanol–water partition coefficient (Wildman–Crippen LogP) is 6.03. The highest BCUT2D eigenvalue weighted by Crippen LogP contribution is 2.36. The summed E-state index contributed by atoms with van der Waals surface area (Å²) < 4.78 is 37.4. The zero-order valence-electron chi connectivity index (χ0n) is 10.2. The van der Waals surface area contributed by atoms with E-state index < -0.39 is 11.7 Å². The van der Waals surface area contributed by atoms with E-state index in [2.05, 4.69) is 0 Å². The Morgan fingerprint density at radius 2 is 1.55 bits per heavy atom. The Morgan fingerprint density at radius 1 is 0.950 bits per heavy atom. The van der Waals surface area contributed by atoms with Gasteiger partial charge in [0.25, 0.3) is 0 Å². The fourth-order valence-electron chi connectivity index (χ4n) is 1.59. The molecule has 0 atom stereocenters. The molecule has 0 saturated heterocycles. The van der Waals surface area contributed by atoms with E-state index in [1.54, 1.807) is 0 Å². The largest absolute Gasteiger partial charge is 0.416 e. The zero-order chi connectivity index (χ0) is 14.6. The first kappa shape index (κ1) is 15.0. The molecule has 20 heavy (non-hydrogen) atoms. The summed E-state index contributed by atoms with van der Waals surface area (Å²) in [4.78, 5) is 1.49. The van der Waals surface area contributed by atoms with Crippen molar-refractivity contribution >= 4 is 28.3 Å². The lowest BCUT2D eigenvalue weighted by Crippen LogP contribution is -2.03. The monoisotopic (exact) mass is 314 g/mol. The van der Waals surface area contributed by atoms with E-state index in [0.29, 0.717) is 4.90 Å². The van der Waals surface area contributed by atoms with Gasteiger partial charge in [0.2, 0.25) is 0 Å². The number of alkyl halides is 3. The van der Waals surface area contributed by atoms with E-state index in [9.17, 15) is 13.2 Å². The van der Waals surface area contributed by atoms with Crippen LogP contribution in [0.15, 0.2) is 65.0 Å². The van der Waals surface area contributed by atoms with Crippen LogP contribution in [-0.2, 0) is 6.18 Å². The molecule has 0 saturated carbocycles. The van der Waals surface area contributed by atoms with Crippen molar-refractivity contribution in [1.29, 1.82) is 0 Å². The van der Waals surface area contributed by atoms with E-state index in [0.717, 1.165) is 22.6 Å². The minimum Gasteiger partial charge on any atom is -0.166 e. The highest BCUT2D eigenvalue weighted by atomic mass is 35.5. The van der Waals surface area contributed by atoms with Crippen molar-refractivity contribution < 1.29 is 13.2 Å². The van der Waals surface area contributed by atoms with Crippen LogP contribution in [0.5, 0.6) is 0 Å². The molecule has 2 aromatic rings. The van der Waals surface area contributed by atoms with Crippen LogP contribution in [0.25, 0.3) is 4.91 Å². The van der Waals surface area contributed by atoms with Gasteiger partial charge in [0.1, 0.15) is 0 Å². The van der Waals surface area contributed by atoms with Gasteiger partial charge in [-0.25, -0.2) is 0 Å². The maximum Gasteiger partial charge on any atom is 0.416 e.